The van der Waals surface area contributed by atoms with Crippen LogP contribution in [0.3, 0.4) is 0 Å². The molecule has 0 amide bonds. The summed E-state index contributed by atoms with van der Waals surface area (Å²) in [6.07, 6.45) is 3.15. The molecule has 1 aliphatic heterocycles. The maximum atomic E-state index is 12.2. The lowest BCUT2D eigenvalue weighted by atomic mass is 9.94. The summed E-state index contributed by atoms with van der Waals surface area (Å²) in [5, 5.41) is 29.9. The summed E-state index contributed by atoms with van der Waals surface area (Å²) in [6, 6.07) is 8.53. The molecule has 1 heterocycles. The number of hydrogen-bond acceptors (Lipinski definition) is 6. The molecular weight excluding hydrogens is 372 g/mol. The summed E-state index contributed by atoms with van der Waals surface area (Å²) >= 11 is 0. The van der Waals surface area contributed by atoms with Crippen LogP contribution < -0.4 is 9.47 Å². The van der Waals surface area contributed by atoms with E-state index in [1.807, 2.05) is 6.07 Å². The van der Waals surface area contributed by atoms with Gasteiger partial charge >= 0.3 is 0 Å². The predicted octanol–water partition coefficient (Wildman–Crippen LogP) is 3.32. The van der Waals surface area contributed by atoms with Crippen LogP contribution in [0.5, 0.6) is 23.0 Å². The number of phenolic OH excluding ortho intramolecular Hbond substituents is 2. The standard InChI is InChI=1S/C23H28O6/c1-28-22-13-15(5-10-20(22)26)4-8-17(24)14-18(25)9-6-16-7-11-21(27)23-19(16)3-2-12-29-23/h5,7,10-11,13,18,25-27H,2-4,6,8-9,12,14H2,1H3. The molecule has 0 saturated heterocycles. The van der Waals surface area contributed by atoms with Crippen LogP contribution in [-0.2, 0) is 24.1 Å². The fourth-order valence-electron chi connectivity index (χ4n) is 3.70. The molecule has 0 aromatic heterocycles. The van der Waals surface area contributed by atoms with Crippen LogP contribution >= 0.6 is 0 Å². The lowest BCUT2D eigenvalue weighted by Gasteiger charge is -2.21. The number of ether oxygens (including phenoxy) is 2. The van der Waals surface area contributed by atoms with Gasteiger partial charge < -0.3 is 24.8 Å². The molecule has 2 aromatic carbocycles. The number of aliphatic hydroxyl groups excluding tert-OH is 1. The minimum absolute atomic E-state index is 0.000565. The van der Waals surface area contributed by atoms with Crippen LogP contribution in [0.1, 0.15) is 42.4 Å². The van der Waals surface area contributed by atoms with E-state index in [9.17, 15) is 20.1 Å². The first kappa shape index (κ1) is 21.0. The third-order valence-electron chi connectivity index (χ3n) is 5.30. The maximum absolute atomic E-state index is 12.2. The zero-order valence-electron chi connectivity index (χ0n) is 16.7. The van der Waals surface area contributed by atoms with Crippen molar-refractivity contribution in [3.63, 3.8) is 0 Å². The van der Waals surface area contributed by atoms with Gasteiger partial charge in [-0.3, -0.25) is 4.79 Å². The average Bonchev–Trinajstić information content (AvgIpc) is 2.73. The highest BCUT2D eigenvalue weighted by molar-refractivity contribution is 5.79. The molecule has 6 nitrogen and oxygen atoms in total. The summed E-state index contributed by atoms with van der Waals surface area (Å²) in [5.74, 6) is 1.17. The van der Waals surface area contributed by atoms with E-state index in [1.165, 1.54) is 7.11 Å². The van der Waals surface area contributed by atoms with Gasteiger partial charge in [0.1, 0.15) is 5.78 Å². The molecule has 0 fully saturated rings. The summed E-state index contributed by atoms with van der Waals surface area (Å²) in [4.78, 5) is 12.2. The van der Waals surface area contributed by atoms with Crippen molar-refractivity contribution in [1.82, 2.24) is 0 Å². The Kier molecular flexibility index (Phi) is 6.99. The molecule has 6 heteroatoms. The second-order valence-electron chi connectivity index (χ2n) is 7.45. The predicted molar refractivity (Wildman–Crippen MR) is 109 cm³/mol. The Labute approximate surface area is 170 Å². The molecule has 3 N–H and O–H groups in total. The van der Waals surface area contributed by atoms with Crippen molar-refractivity contribution in [2.45, 2.75) is 51.0 Å². The van der Waals surface area contributed by atoms with Crippen molar-refractivity contribution >= 4 is 5.78 Å². The van der Waals surface area contributed by atoms with Gasteiger partial charge in [-0.05, 0) is 61.4 Å². The van der Waals surface area contributed by atoms with Gasteiger partial charge in [0.25, 0.3) is 0 Å². The van der Waals surface area contributed by atoms with E-state index in [0.717, 1.165) is 29.5 Å². The number of ketones is 1. The van der Waals surface area contributed by atoms with Crippen molar-refractivity contribution in [1.29, 1.82) is 0 Å². The number of hydrogen-bond donors (Lipinski definition) is 3. The van der Waals surface area contributed by atoms with E-state index in [-0.39, 0.29) is 23.7 Å². The molecule has 0 spiro atoms. The van der Waals surface area contributed by atoms with Crippen LogP contribution in [0.2, 0.25) is 0 Å². The molecule has 1 aliphatic rings. The Bertz CT molecular complexity index is 861. The van der Waals surface area contributed by atoms with Gasteiger partial charge in [0.15, 0.2) is 23.0 Å². The lowest BCUT2D eigenvalue weighted by molar-refractivity contribution is -0.121. The summed E-state index contributed by atoms with van der Waals surface area (Å²) < 4.78 is 10.7. The third kappa shape index (κ3) is 5.41. The van der Waals surface area contributed by atoms with Crippen molar-refractivity contribution < 1.29 is 29.6 Å². The Hall–Kier alpha value is -2.73. The van der Waals surface area contributed by atoms with Crippen LogP contribution in [0.25, 0.3) is 0 Å². The van der Waals surface area contributed by atoms with Crippen LogP contribution in [0.4, 0.5) is 0 Å². The molecule has 0 saturated carbocycles. The highest BCUT2D eigenvalue weighted by atomic mass is 16.5. The fourth-order valence-corrected chi connectivity index (χ4v) is 3.70. The number of aliphatic hydroxyl groups is 1. The van der Waals surface area contributed by atoms with Crippen molar-refractivity contribution in [2.75, 3.05) is 13.7 Å². The summed E-state index contributed by atoms with van der Waals surface area (Å²) in [5.41, 5.74) is 2.97. The molecule has 1 atom stereocenters. The smallest absolute Gasteiger partial charge is 0.164 e. The number of aromatic hydroxyl groups is 2. The van der Waals surface area contributed by atoms with Gasteiger partial charge in [0.2, 0.25) is 0 Å². The van der Waals surface area contributed by atoms with Gasteiger partial charge in [-0.2, -0.15) is 0 Å². The summed E-state index contributed by atoms with van der Waals surface area (Å²) in [7, 11) is 1.48. The average molecular weight is 400 g/mol. The second kappa shape index (κ2) is 9.65. The molecule has 0 radical (unpaired) electrons. The Morgan fingerprint density at radius 2 is 1.97 bits per heavy atom. The van der Waals surface area contributed by atoms with Crippen LogP contribution in [0, 0.1) is 0 Å². The number of carbonyl (C=O) groups is 1. The molecule has 3 rings (SSSR count). The van der Waals surface area contributed by atoms with Gasteiger partial charge in [-0.25, -0.2) is 0 Å². The molecule has 1 unspecified atom stereocenters. The Balaban J connectivity index is 1.48. The number of Topliss-reactive ketones (excluding diaryl/α,β-unsaturated/α-hetero) is 1. The maximum Gasteiger partial charge on any atom is 0.164 e. The first-order valence-corrected chi connectivity index (χ1v) is 10.00. The highest BCUT2D eigenvalue weighted by Gasteiger charge is 2.19. The van der Waals surface area contributed by atoms with E-state index in [4.69, 9.17) is 9.47 Å². The van der Waals surface area contributed by atoms with E-state index in [2.05, 4.69) is 0 Å². The zero-order chi connectivity index (χ0) is 20.8. The van der Waals surface area contributed by atoms with Crippen molar-refractivity contribution in [3.8, 4) is 23.0 Å². The fraction of sp³-hybridized carbons (Fsp3) is 0.435. The lowest BCUT2D eigenvalue weighted by Crippen LogP contribution is -2.16. The first-order chi connectivity index (χ1) is 14.0. The summed E-state index contributed by atoms with van der Waals surface area (Å²) in [6.45, 7) is 0.605. The monoisotopic (exact) mass is 400 g/mol. The molecule has 0 bridgehead atoms. The van der Waals surface area contributed by atoms with Gasteiger partial charge in [-0.1, -0.05) is 12.1 Å². The van der Waals surface area contributed by atoms with Crippen LogP contribution in [-0.4, -0.2) is 40.9 Å². The van der Waals surface area contributed by atoms with Crippen molar-refractivity contribution in [2.24, 2.45) is 0 Å². The number of carbonyl (C=O) groups excluding carboxylic acids is 1. The number of benzene rings is 2. The third-order valence-corrected chi connectivity index (χ3v) is 5.30. The normalized spacial score (nSPS) is 14.0. The molecular formula is C23H28O6. The second-order valence-corrected chi connectivity index (χ2v) is 7.45. The number of fused-ring (bicyclic) bond motifs is 1. The van der Waals surface area contributed by atoms with E-state index < -0.39 is 6.10 Å². The Morgan fingerprint density at radius 3 is 2.76 bits per heavy atom. The molecule has 2 aromatic rings. The zero-order valence-corrected chi connectivity index (χ0v) is 16.7. The van der Waals surface area contributed by atoms with Gasteiger partial charge in [-0.15, -0.1) is 0 Å². The van der Waals surface area contributed by atoms with Crippen molar-refractivity contribution in [3.05, 3.63) is 47.0 Å². The quantitative estimate of drug-likeness (QED) is 0.598. The van der Waals surface area contributed by atoms with E-state index >= 15 is 0 Å². The SMILES string of the molecule is COc1cc(CCC(=O)CC(O)CCc2ccc(O)c3c2CCCO3)ccc1O. The number of phenols is 2. The molecule has 0 aliphatic carbocycles. The molecule has 29 heavy (non-hydrogen) atoms. The first-order valence-electron chi connectivity index (χ1n) is 10.00. The molecule has 156 valence electrons. The minimum atomic E-state index is -0.703. The Morgan fingerprint density at radius 1 is 1.17 bits per heavy atom. The van der Waals surface area contributed by atoms with E-state index in [0.29, 0.717) is 43.8 Å². The number of rotatable bonds is 9. The van der Waals surface area contributed by atoms with Gasteiger partial charge in [0.05, 0.1) is 19.8 Å². The van der Waals surface area contributed by atoms with Gasteiger partial charge in [0, 0.05) is 18.4 Å². The topological polar surface area (TPSA) is 96.2 Å². The largest absolute Gasteiger partial charge is 0.504 e. The number of methoxy groups -OCH3 is 1. The van der Waals surface area contributed by atoms with E-state index in [1.54, 1.807) is 24.3 Å². The highest BCUT2D eigenvalue weighted by Crippen LogP contribution is 2.37. The number of aryl methyl sites for hydroxylation is 2. The van der Waals surface area contributed by atoms with Crippen LogP contribution in [0.15, 0.2) is 30.3 Å². The minimum Gasteiger partial charge on any atom is -0.504 e.